The lowest BCUT2D eigenvalue weighted by molar-refractivity contribution is -0.587. The molecule has 0 saturated heterocycles. The van der Waals surface area contributed by atoms with E-state index >= 15 is 0 Å². The van der Waals surface area contributed by atoms with Crippen molar-refractivity contribution in [2.45, 2.75) is 6.92 Å². The molecule has 0 radical (unpaired) electrons. The molecule has 0 aliphatic heterocycles. The number of aromatic nitrogens is 4. The number of aromatic amines is 1. The van der Waals surface area contributed by atoms with Crippen LogP contribution in [0, 0.1) is 17.0 Å². The molecule has 2 aromatic carbocycles. The lowest BCUT2D eigenvalue weighted by Gasteiger charge is -1.97. The summed E-state index contributed by atoms with van der Waals surface area (Å²) in [6.07, 6.45) is 1.73. The Kier molecular flexibility index (Phi) is 2.50. The number of hydrogen-bond donors (Lipinski definition) is 1. The molecule has 7 nitrogen and oxygen atoms in total. The van der Waals surface area contributed by atoms with E-state index in [1.807, 2.05) is 34.8 Å². The van der Waals surface area contributed by atoms with Gasteiger partial charge in [-0.15, -0.1) is 4.52 Å². The van der Waals surface area contributed by atoms with Gasteiger partial charge in [0, 0.05) is 16.2 Å². The number of benzene rings is 2. The monoisotopic (exact) mass is 294 g/mol. The average molecular weight is 294 g/mol. The highest BCUT2D eigenvalue weighted by molar-refractivity contribution is 5.76. The molecule has 7 heteroatoms. The minimum Gasteiger partial charge on any atom is -0.258 e. The third-order valence-electron chi connectivity index (χ3n) is 3.74. The molecule has 0 saturated carbocycles. The van der Waals surface area contributed by atoms with Crippen LogP contribution in [0.15, 0.2) is 48.7 Å². The minimum absolute atomic E-state index is 0.0988. The molecule has 0 aliphatic carbocycles. The van der Waals surface area contributed by atoms with Crippen molar-refractivity contribution in [3.8, 4) is 11.3 Å². The minimum atomic E-state index is -0.364. The second-order valence-corrected chi connectivity index (χ2v) is 5.12. The number of H-pyrrole nitrogens is 1. The zero-order valence-corrected chi connectivity index (χ0v) is 11.7. The van der Waals surface area contributed by atoms with Crippen LogP contribution in [0.25, 0.3) is 22.3 Å². The smallest absolute Gasteiger partial charge is 0.258 e. The van der Waals surface area contributed by atoms with Crippen LogP contribution in [-0.4, -0.2) is 19.9 Å². The summed E-state index contributed by atoms with van der Waals surface area (Å²) in [4.78, 5) is 10.8. The highest BCUT2D eigenvalue weighted by Gasteiger charge is 2.22. The highest BCUT2D eigenvalue weighted by atomic mass is 16.6. The van der Waals surface area contributed by atoms with Gasteiger partial charge in [-0.1, -0.05) is 30.3 Å². The molecule has 1 N–H and O–H groups in total. The zero-order chi connectivity index (χ0) is 15.3. The van der Waals surface area contributed by atoms with Crippen LogP contribution in [0.2, 0.25) is 0 Å². The maximum atomic E-state index is 11.2. The Morgan fingerprint density at radius 1 is 1.27 bits per heavy atom. The number of nitrogens with zero attached hydrogens (tertiary/aromatic N) is 4. The van der Waals surface area contributed by atoms with Crippen molar-refractivity contribution in [1.29, 1.82) is 0 Å². The molecule has 0 spiro atoms. The Labute approximate surface area is 124 Å². The van der Waals surface area contributed by atoms with Crippen molar-refractivity contribution in [3.63, 3.8) is 0 Å². The van der Waals surface area contributed by atoms with Gasteiger partial charge in [0.2, 0.25) is 0 Å². The van der Waals surface area contributed by atoms with Gasteiger partial charge >= 0.3 is 0 Å². The van der Waals surface area contributed by atoms with E-state index in [2.05, 4.69) is 10.2 Å². The number of fused-ring (bicyclic) bond motifs is 3. The molecule has 0 atom stereocenters. The number of rotatable bonds is 2. The number of aryl methyl sites for hydroxylation is 1. The van der Waals surface area contributed by atoms with Gasteiger partial charge in [0.1, 0.15) is 0 Å². The summed E-state index contributed by atoms with van der Waals surface area (Å²) < 4.78 is 3.41. The first kappa shape index (κ1) is 12.5. The van der Waals surface area contributed by atoms with E-state index in [1.54, 1.807) is 30.0 Å². The van der Waals surface area contributed by atoms with Crippen LogP contribution in [0.4, 0.5) is 5.69 Å². The molecule has 0 unspecified atom stereocenters. The standard InChI is InChI=1S/C15H12N5O2/c1-10-7-12-14(8-13(10)19(21)22)18-15(9-16-20(18)17-12)11-5-3-2-4-6-11/h2-9H,1H3,(H,16,17)/q+1. The van der Waals surface area contributed by atoms with Gasteiger partial charge in [0.15, 0.2) is 22.9 Å². The SMILES string of the molecule is Cc1cc2[nH]n3ncc(-c4ccccc4)[n+]3c2cc1[N+](=O)[O-]. The van der Waals surface area contributed by atoms with Crippen LogP contribution < -0.4 is 4.52 Å². The van der Waals surface area contributed by atoms with Crippen molar-refractivity contribution in [3.05, 3.63) is 64.3 Å². The van der Waals surface area contributed by atoms with Gasteiger partial charge in [0.05, 0.1) is 15.7 Å². The van der Waals surface area contributed by atoms with Crippen LogP contribution in [0.3, 0.4) is 0 Å². The molecule has 2 heterocycles. The van der Waals surface area contributed by atoms with E-state index < -0.39 is 0 Å². The van der Waals surface area contributed by atoms with Crippen molar-refractivity contribution < 1.29 is 9.44 Å². The molecule has 4 aromatic rings. The summed E-state index contributed by atoms with van der Waals surface area (Å²) in [5.74, 6) is 0. The Morgan fingerprint density at radius 3 is 2.77 bits per heavy atom. The lowest BCUT2D eigenvalue weighted by atomic mass is 10.1. The molecular weight excluding hydrogens is 282 g/mol. The molecule has 0 fully saturated rings. The van der Waals surface area contributed by atoms with E-state index in [-0.39, 0.29) is 10.6 Å². The maximum absolute atomic E-state index is 11.2. The predicted octanol–water partition coefficient (Wildman–Crippen LogP) is 2.28. The van der Waals surface area contributed by atoms with Crippen molar-refractivity contribution >= 4 is 16.7 Å². The summed E-state index contributed by atoms with van der Waals surface area (Å²) >= 11 is 0. The Bertz CT molecular complexity index is 1020. The largest absolute Gasteiger partial charge is 0.276 e. The van der Waals surface area contributed by atoms with Crippen LogP contribution in [0.1, 0.15) is 5.56 Å². The van der Waals surface area contributed by atoms with Gasteiger partial charge in [0.25, 0.3) is 5.69 Å². The molecule has 4 rings (SSSR count). The quantitative estimate of drug-likeness (QED) is 0.350. The summed E-state index contributed by atoms with van der Waals surface area (Å²) in [6, 6.07) is 13.1. The Morgan fingerprint density at radius 2 is 2.05 bits per heavy atom. The Balaban J connectivity index is 2.09. The van der Waals surface area contributed by atoms with Crippen molar-refractivity contribution in [2.75, 3.05) is 0 Å². The highest BCUT2D eigenvalue weighted by Crippen LogP contribution is 2.23. The Hall–Kier alpha value is -3.22. The van der Waals surface area contributed by atoms with Gasteiger partial charge < -0.3 is 0 Å². The van der Waals surface area contributed by atoms with Gasteiger partial charge in [-0.3, -0.25) is 10.1 Å². The second-order valence-electron chi connectivity index (χ2n) is 5.12. The van der Waals surface area contributed by atoms with Crippen LogP contribution in [0.5, 0.6) is 0 Å². The first-order chi connectivity index (χ1) is 10.6. The molecular formula is C15H12N5O2+. The lowest BCUT2D eigenvalue weighted by Crippen LogP contribution is -2.28. The first-order valence-electron chi connectivity index (χ1n) is 6.77. The zero-order valence-electron chi connectivity index (χ0n) is 11.7. The maximum Gasteiger partial charge on any atom is 0.276 e. The van der Waals surface area contributed by atoms with Crippen LogP contribution in [-0.2, 0) is 0 Å². The predicted molar refractivity (Wildman–Crippen MR) is 79.5 cm³/mol. The first-order valence-corrected chi connectivity index (χ1v) is 6.77. The van der Waals surface area contributed by atoms with E-state index in [0.29, 0.717) is 11.1 Å². The molecule has 22 heavy (non-hydrogen) atoms. The molecule has 0 aliphatic rings. The van der Waals surface area contributed by atoms with E-state index in [1.165, 1.54) is 0 Å². The fourth-order valence-corrected chi connectivity index (χ4v) is 2.69. The fourth-order valence-electron chi connectivity index (χ4n) is 2.69. The molecule has 0 bridgehead atoms. The van der Waals surface area contributed by atoms with Gasteiger partial charge in [-0.2, -0.15) is 5.10 Å². The topological polar surface area (TPSA) is 80.3 Å². The van der Waals surface area contributed by atoms with E-state index in [0.717, 1.165) is 16.8 Å². The fraction of sp³-hybridized carbons (Fsp3) is 0.0667. The van der Waals surface area contributed by atoms with E-state index in [9.17, 15) is 10.1 Å². The molecule has 108 valence electrons. The number of hydrogen-bond acceptors (Lipinski definition) is 3. The summed E-state index contributed by atoms with van der Waals surface area (Å²) in [6.45, 7) is 1.73. The number of nitrogens with one attached hydrogen (secondary N) is 1. The van der Waals surface area contributed by atoms with Crippen molar-refractivity contribution in [2.24, 2.45) is 0 Å². The van der Waals surface area contributed by atoms with Crippen molar-refractivity contribution in [1.82, 2.24) is 14.9 Å². The average Bonchev–Trinajstić information content (AvgIpc) is 3.05. The van der Waals surface area contributed by atoms with E-state index in [4.69, 9.17) is 0 Å². The number of nitro benzene ring substituents is 1. The third kappa shape index (κ3) is 1.69. The molecule has 2 aromatic heterocycles. The van der Waals surface area contributed by atoms with Gasteiger partial charge in [-0.05, 0) is 13.0 Å². The third-order valence-corrected chi connectivity index (χ3v) is 3.74. The summed E-state index contributed by atoms with van der Waals surface area (Å²) in [5.41, 5.74) is 4.09. The normalized spacial score (nSPS) is 11.3. The molecule has 0 amide bonds. The number of nitro groups is 1. The second kappa shape index (κ2) is 4.39. The summed E-state index contributed by atoms with van der Waals surface area (Å²) in [7, 11) is 0. The van der Waals surface area contributed by atoms with Gasteiger partial charge in [-0.25, -0.2) is 0 Å². The summed E-state index contributed by atoms with van der Waals surface area (Å²) in [5, 5.41) is 18.6. The van der Waals surface area contributed by atoms with Crippen LogP contribution >= 0.6 is 0 Å².